The van der Waals surface area contributed by atoms with Gasteiger partial charge < -0.3 is 0 Å². The van der Waals surface area contributed by atoms with E-state index in [1.54, 1.807) is 0 Å². The average molecular weight is 177 g/mol. The number of hydrogen-bond donors (Lipinski definition) is 0. The predicted octanol–water partition coefficient (Wildman–Crippen LogP) is 1.95. The topological polar surface area (TPSA) is 17.1 Å². The highest BCUT2D eigenvalue weighted by atomic mass is 79.9. The number of halogens is 1. The fourth-order valence-electron chi connectivity index (χ4n) is 0.855. The molecule has 1 nitrogen and oxygen atoms in total. The molecule has 1 unspecified atom stereocenters. The van der Waals surface area contributed by atoms with Gasteiger partial charge in [-0.15, -0.1) is 0 Å². The van der Waals surface area contributed by atoms with Gasteiger partial charge in [0.15, 0.2) is 0 Å². The minimum Gasteiger partial charge on any atom is -0.286 e. The molecule has 0 N–H and O–H groups in total. The highest BCUT2D eigenvalue weighted by molar-refractivity contribution is 9.18. The van der Waals surface area contributed by atoms with Crippen LogP contribution in [0, 0.1) is 11.3 Å². The fourth-order valence-corrected chi connectivity index (χ4v) is 1.64. The summed E-state index contributed by atoms with van der Waals surface area (Å²) >= 11 is 2.94. The van der Waals surface area contributed by atoms with Crippen LogP contribution in [0.4, 0.5) is 0 Å². The first-order valence-corrected chi connectivity index (χ1v) is 3.53. The molecule has 0 bridgehead atoms. The van der Waals surface area contributed by atoms with Gasteiger partial charge in [0.25, 0.3) is 0 Å². The molecule has 0 aromatic carbocycles. The third-order valence-corrected chi connectivity index (χ3v) is 2.34. The molecule has 8 heavy (non-hydrogen) atoms. The summed E-state index contributed by atoms with van der Waals surface area (Å²) in [7, 11) is 0. The second-order valence-electron chi connectivity index (χ2n) is 3.05. The maximum Gasteiger partial charge on any atom is 0.201 e. The zero-order valence-electron chi connectivity index (χ0n) is 5.07. The Morgan fingerprint density at radius 2 is 2.12 bits per heavy atom. The van der Waals surface area contributed by atoms with Gasteiger partial charge in [0.05, 0.1) is 0 Å². The van der Waals surface area contributed by atoms with Crippen molar-refractivity contribution < 1.29 is 4.79 Å². The van der Waals surface area contributed by atoms with Gasteiger partial charge in [0.1, 0.15) is 0 Å². The Kier molecular flexibility index (Phi) is 1.23. The van der Waals surface area contributed by atoms with Gasteiger partial charge in [-0.2, -0.15) is 0 Å². The maximum atomic E-state index is 10.5. The van der Waals surface area contributed by atoms with E-state index in [1.165, 1.54) is 0 Å². The van der Waals surface area contributed by atoms with Gasteiger partial charge in [-0.1, -0.05) is 13.8 Å². The molecule has 0 heterocycles. The van der Waals surface area contributed by atoms with Crippen molar-refractivity contribution >= 4 is 20.6 Å². The summed E-state index contributed by atoms with van der Waals surface area (Å²) in [6.07, 6.45) is 1.05. The zero-order chi connectivity index (χ0) is 6.36. The highest BCUT2D eigenvalue weighted by Gasteiger charge is 2.49. The van der Waals surface area contributed by atoms with E-state index in [9.17, 15) is 4.79 Å². The van der Waals surface area contributed by atoms with Crippen molar-refractivity contribution in [3.8, 4) is 0 Å². The van der Waals surface area contributed by atoms with Gasteiger partial charge in [0.2, 0.25) is 4.69 Å². The van der Waals surface area contributed by atoms with Crippen LogP contribution >= 0.6 is 15.9 Å². The first-order chi connectivity index (χ1) is 3.54. The lowest BCUT2D eigenvalue weighted by Crippen LogP contribution is -1.95. The van der Waals surface area contributed by atoms with E-state index in [4.69, 9.17) is 0 Å². The molecule has 0 amide bonds. The van der Waals surface area contributed by atoms with Crippen LogP contribution in [0.3, 0.4) is 0 Å². The lowest BCUT2D eigenvalue weighted by Gasteiger charge is -1.94. The molecule has 1 saturated carbocycles. The van der Waals surface area contributed by atoms with E-state index >= 15 is 0 Å². The summed E-state index contributed by atoms with van der Waals surface area (Å²) in [5, 5.41) is 0. The average Bonchev–Trinajstić information content (AvgIpc) is 2.13. The molecule has 0 aromatic rings. The molecule has 0 aromatic heterocycles. The normalized spacial score (nSPS) is 32.1. The lowest BCUT2D eigenvalue weighted by atomic mass is 10.1. The third kappa shape index (κ3) is 0.943. The van der Waals surface area contributed by atoms with Crippen molar-refractivity contribution in [1.29, 1.82) is 0 Å². The van der Waals surface area contributed by atoms with Crippen molar-refractivity contribution in [1.82, 2.24) is 0 Å². The Balaban J connectivity index is 2.48. The number of carbonyl (C=O) groups is 1. The minimum atomic E-state index is 0.169. The second-order valence-corrected chi connectivity index (χ2v) is 3.83. The van der Waals surface area contributed by atoms with Crippen molar-refractivity contribution in [2.45, 2.75) is 20.3 Å². The van der Waals surface area contributed by atoms with E-state index in [-0.39, 0.29) is 4.69 Å². The Labute approximate surface area is 57.6 Å². The molecular formula is C6H9BrO. The van der Waals surface area contributed by atoms with Crippen LogP contribution in [0.5, 0.6) is 0 Å². The molecule has 2 heteroatoms. The predicted molar refractivity (Wildman–Crippen MR) is 35.8 cm³/mol. The van der Waals surface area contributed by atoms with Crippen molar-refractivity contribution in [3.63, 3.8) is 0 Å². The number of carbonyl (C=O) groups excluding carboxylic acids is 1. The molecule has 0 spiro atoms. The van der Waals surface area contributed by atoms with Crippen LogP contribution in [-0.4, -0.2) is 4.69 Å². The van der Waals surface area contributed by atoms with Crippen LogP contribution in [-0.2, 0) is 4.79 Å². The fraction of sp³-hybridized carbons (Fsp3) is 0.833. The van der Waals surface area contributed by atoms with Crippen LogP contribution in [0.25, 0.3) is 0 Å². The molecule has 0 saturated heterocycles. The molecule has 1 aliphatic carbocycles. The van der Waals surface area contributed by atoms with Crippen molar-refractivity contribution in [3.05, 3.63) is 0 Å². The summed E-state index contributed by atoms with van der Waals surface area (Å²) in [5.74, 6) is 0.294. The first kappa shape index (κ1) is 6.27. The van der Waals surface area contributed by atoms with Crippen molar-refractivity contribution in [2.75, 3.05) is 0 Å². The smallest absolute Gasteiger partial charge is 0.201 e. The zero-order valence-corrected chi connectivity index (χ0v) is 6.66. The van der Waals surface area contributed by atoms with E-state index in [0.717, 1.165) is 6.42 Å². The Morgan fingerprint density at radius 1 is 1.75 bits per heavy atom. The van der Waals surface area contributed by atoms with Gasteiger partial charge in [-0.05, 0) is 27.8 Å². The van der Waals surface area contributed by atoms with Gasteiger partial charge in [0, 0.05) is 5.92 Å². The molecule has 1 atom stereocenters. The van der Waals surface area contributed by atoms with Crippen LogP contribution in [0.15, 0.2) is 0 Å². The molecule has 0 aliphatic heterocycles. The number of rotatable bonds is 1. The summed E-state index contributed by atoms with van der Waals surface area (Å²) < 4.78 is 0.169. The largest absolute Gasteiger partial charge is 0.286 e. The van der Waals surface area contributed by atoms with Gasteiger partial charge >= 0.3 is 0 Å². The highest BCUT2D eigenvalue weighted by Crippen LogP contribution is 2.52. The Hall–Kier alpha value is 0.150. The standard InChI is InChI=1S/C6H9BrO/c1-6(2)3-4(6)5(7)8/h4H,3H2,1-2H3. The van der Waals surface area contributed by atoms with Crippen LogP contribution in [0.2, 0.25) is 0 Å². The summed E-state index contributed by atoms with van der Waals surface area (Å²) in [5.41, 5.74) is 0.292. The number of hydrogen-bond acceptors (Lipinski definition) is 1. The Morgan fingerprint density at radius 3 is 2.12 bits per heavy atom. The molecule has 46 valence electrons. The quantitative estimate of drug-likeness (QED) is 0.559. The third-order valence-electron chi connectivity index (χ3n) is 1.79. The van der Waals surface area contributed by atoms with Crippen LogP contribution in [0.1, 0.15) is 20.3 Å². The summed E-state index contributed by atoms with van der Waals surface area (Å²) in [4.78, 5) is 10.5. The van der Waals surface area contributed by atoms with Crippen molar-refractivity contribution in [2.24, 2.45) is 11.3 Å². The van der Waals surface area contributed by atoms with E-state index in [0.29, 0.717) is 11.3 Å². The summed E-state index contributed by atoms with van der Waals surface area (Å²) in [6.45, 7) is 4.22. The van der Waals surface area contributed by atoms with Gasteiger partial charge in [-0.3, -0.25) is 4.79 Å². The molecule has 1 fully saturated rings. The summed E-state index contributed by atoms with van der Waals surface area (Å²) in [6, 6.07) is 0. The molecule has 1 rings (SSSR count). The van der Waals surface area contributed by atoms with E-state index in [2.05, 4.69) is 29.8 Å². The first-order valence-electron chi connectivity index (χ1n) is 2.73. The lowest BCUT2D eigenvalue weighted by molar-refractivity contribution is -0.111. The van der Waals surface area contributed by atoms with E-state index < -0.39 is 0 Å². The maximum absolute atomic E-state index is 10.5. The second kappa shape index (κ2) is 1.56. The SMILES string of the molecule is CC1(C)CC1C(=O)Br. The van der Waals surface area contributed by atoms with E-state index in [1.807, 2.05) is 0 Å². The molecule has 1 aliphatic rings. The minimum absolute atomic E-state index is 0.169. The monoisotopic (exact) mass is 176 g/mol. The Bertz CT molecular complexity index is 128. The molecule has 0 radical (unpaired) electrons. The molecular weight excluding hydrogens is 168 g/mol. The van der Waals surface area contributed by atoms with Gasteiger partial charge in [-0.25, -0.2) is 0 Å². The van der Waals surface area contributed by atoms with Crippen LogP contribution < -0.4 is 0 Å².